The van der Waals surface area contributed by atoms with Crippen molar-refractivity contribution < 1.29 is 14.3 Å². The van der Waals surface area contributed by atoms with Crippen LogP contribution in [0.3, 0.4) is 0 Å². The fraction of sp³-hybridized carbons (Fsp3) is 0.529. The highest BCUT2D eigenvalue weighted by Gasteiger charge is 2.38. The molecular formula is C17H21N3O3. The van der Waals surface area contributed by atoms with Gasteiger partial charge in [0.15, 0.2) is 5.69 Å². The summed E-state index contributed by atoms with van der Waals surface area (Å²) < 4.78 is 13.1. The Bertz CT molecular complexity index is 728. The number of para-hydroxylation sites is 1. The lowest BCUT2D eigenvalue weighted by molar-refractivity contribution is -0.0971. The van der Waals surface area contributed by atoms with Gasteiger partial charge in [0.1, 0.15) is 6.10 Å². The van der Waals surface area contributed by atoms with Crippen molar-refractivity contribution in [2.45, 2.75) is 31.0 Å². The number of carbonyl (C=O) groups excluding carboxylic acids is 1. The van der Waals surface area contributed by atoms with Crippen LogP contribution >= 0.6 is 0 Å². The van der Waals surface area contributed by atoms with Crippen LogP contribution in [0.4, 0.5) is 0 Å². The monoisotopic (exact) mass is 315 g/mol. The Hall–Kier alpha value is -1.92. The molecule has 0 saturated carbocycles. The third-order valence-corrected chi connectivity index (χ3v) is 5.07. The van der Waals surface area contributed by atoms with Crippen molar-refractivity contribution in [2.24, 2.45) is 7.05 Å². The molecule has 3 atom stereocenters. The summed E-state index contributed by atoms with van der Waals surface area (Å²) >= 11 is 0. The van der Waals surface area contributed by atoms with Crippen LogP contribution in [0, 0.1) is 0 Å². The van der Waals surface area contributed by atoms with Crippen LogP contribution in [-0.4, -0.2) is 59.1 Å². The molecule has 2 aromatic rings. The van der Waals surface area contributed by atoms with Crippen LogP contribution in [0.1, 0.15) is 23.3 Å². The van der Waals surface area contributed by atoms with Gasteiger partial charge in [0.05, 0.1) is 18.7 Å². The van der Waals surface area contributed by atoms with E-state index in [1.165, 1.54) is 0 Å². The number of aryl methyl sites for hydroxylation is 1. The Morgan fingerprint density at radius 3 is 2.65 bits per heavy atom. The van der Waals surface area contributed by atoms with Crippen LogP contribution in [0.2, 0.25) is 0 Å². The molecule has 122 valence electrons. The van der Waals surface area contributed by atoms with E-state index in [0.717, 1.165) is 23.7 Å². The quantitative estimate of drug-likeness (QED) is 0.788. The van der Waals surface area contributed by atoms with E-state index in [1.807, 2.05) is 31.3 Å². The van der Waals surface area contributed by atoms with Crippen molar-refractivity contribution in [3.8, 4) is 0 Å². The second kappa shape index (κ2) is 5.62. The fourth-order valence-corrected chi connectivity index (χ4v) is 3.71. The first-order valence-corrected chi connectivity index (χ1v) is 8.06. The minimum atomic E-state index is -0.324. The average Bonchev–Trinajstić information content (AvgIpc) is 2.86. The minimum absolute atomic E-state index is 0.0571. The van der Waals surface area contributed by atoms with Crippen molar-refractivity contribution in [3.63, 3.8) is 0 Å². The maximum absolute atomic E-state index is 12.6. The van der Waals surface area contributed by atoms with Crippen LogP contribution < -0.4 is 0 Å². The highest BCUT2D eigenvalue weighted by molar-refractivity contribution is 6.02. The summed E-state index contributed by atoms with van der Waals surface area (Å²) in [5, 5.41) is 5.19. The molecule has 0 radical (unpaired) electrons. The van der Waals surface area contributed by atoms with Crippen molar-refractivity contribution >= 4 is 16.9 Å². The predicted octanol–water partition coefficient (Wildman–Crippen LogP) is 1.59. The lowest BCUT2D eigenvalue weighted by Gasteiger charge is -2.46. The number of nitrogens with zero attached hydrogens (tertiary/aromatic N) is 3. The zero-order valence-electron chi connectivity index (χ0n) is 13.4. The molecule has 1 aromatic carbocycles. The predicted molar refractivity (Wildman–Crippen MR) is 85.3 cm³/mol. The molecule has 4 rings (SSSR count). The maximum atomic E-state index is 12.6. The Labute approximate surface area is 135 Å². The summed E-state index contributed by atoms with van der Waals surface area (Å²) in [7, 11) is 3.97. The molecule has 2 bridgehead atoms. The van der Waals surface area contributed by atoms with E-state index in [0.29, 0.717) is 31.0 Å². The first kappa shape index (κ1) is 14.7. The summed E-state index contributed by atoms with van der Waals surface area (Å²) in [4.78, 5) is 14.9. The molecule has 1 aromatic heterocycles. The molecule has 2 fully saturated rings. The molecule has 6 nitrogen and oxygen atoms in total. The van der Waals surface area contributed by atoms with Gasteiger partial charge in [0.25, 0.3) is 0 Å². The SMILES string of the molecule is CN1[C@@H]2COC[C@H]1C[C@@H](OC(=O)c1nn(C)c3ccccc13)C2. The summed E-state index contributed by atoms with van der Waals surface area (Å²) in [6.07, 6.45) is 1.59. The Kier molecular flexibility index (Phi) is 3.58. The van der Waals surface area contributed by atoms with Gasteiger partial charge in [-0.1, -0.05) is 18.2 Å². The second-order valence-electron chi connectivity index (χ2n) is 6.50. The summed E-state index contributed by atoms with van der Waals surface area (Å²) in [5.74, 6) is -0.324. The number of benzene rings is 1. The van der Waals surface area contributed by atoms with E-state index in [2.05, 4.69) is 17.0 Å². The first-order valence-electron chi connectivity index (χ1n) is 8.06. The maximum Gasteiger partial charge on any atom is 0.359 e. The van der Waals surface area contributed by atoms with Gasteiger partial charge >= 0.3 is 5.97 Å². The second-order valence-corrected chi connectivity index (χ2v) is 6.50. The van der Waals surface area contributed by atoms with Gasteiger partial charge in [-0.25, -0.2) is 4.79 Å². The molecule has 2 aliphatic rings. The molecule has 0 unspecified atom stereocenters. The number of hydrogen-bond acceptors (Lipinski definition) is 5. The lowest BCUT2D eigenvalue weighted by atomic mass is 9.92. The molecule has 3 heterocycles. The van der Waals surface area contributed by atoms with Gasteiger partial charge in [-0.05, 0) is 13.1 Å². The van der Waals surface area contributed by atoms with E-state index in [1.54, 1.807) is 4.68 Å². The number of rotatable bonds is 2. The topological polar surface area (TPSA) is 56.6 Å². The molecule has 2 saturated heterocycles. The van der Waals surface area contributed by atoms with Gasteiger partial charge in [-0.2, -0.15) is 5.10 Å². The Morgan fingerprint density at radius 2 is 1.91 bits per heavy atom. The Morgan fingerprint density at radius 1 is 1.22 bits per heavy atom. The van der Waals surface area contributed by atoms with E-state index in [-0.39, 0.29) is 12.1 Å². The van der Waals surface area contributed by atoms with E-state index < -0.39 is 0 Å². The highest BCUT2D eigenvalue weighted by atomic mass is 16.5. The van der Waals surface area contributed by atoms with Gasteiger partial charge in [0.2, 0.25) is 0 Å². The van der Waals surface area contributed by atoms with Crippen molar-refractivity contribution in [1.29, 1.82) is 0 Å². The van der Waals surface area contributed by atoms with Crippen molar-refractivity contribution in [1.82, 2.24) is 14.7 Å². The summed E-state index contributed by atoms with van der Waals surface area (Å²) in [5.41, 5.74) is 1.34. The first-order chi connectivity index (χ1) is 11.1. The molecule has 0 amide bonds. The van der Waals surface area contributed by atoms with Crippen LogP contribution in [-0.2, 0) is 16.5 Å². The number of fused-ring (bicyclic) bond motifs is 3. The van der Waals surface area contributed by atoms with Gasteiger partial charge in [-0.15, -0.1) is 0 Å². The van der Waals surface area contributed by atoms with Crippen LogP contribution in [0.15, 0.2) is 24.3 Å². The van der Waals surface area contributed by atoms with Crippen LogP contribution in [0.5, 0.6) is 0 Å². The fourth-order valence-electron chi connectivity index (χ4n) is 3.71. The van der Waals surface area contributed by atoms with E-state index in [9.17, 15) is 4.79 Å². The number of aromatic nitrogens is 2. The third-order valence-electron chi connectivity index (χ3n) is 5.07. The number of esters is 1. The molecule has 23 heavy (non-hydrogen) atoms. The Balaban J connectivity index is 1.54. The number of ether oxygens (including phenoxy) is 2. The highest BCUT2D eigenvalue weighted by Crippen LogP contribution is 2.29. The van der Waals surface area contributed by atoms with E-state index in [4.69, 9.17) is 9.47 Å². The number of likely N-dealkylation sites (N-methyl/N-ethyl adjacent to an activating group) is 1. The van der Waals surface area contributed by atoms with Gasteiger partial charge < -0.3 is 9.47 Å². The van der Waals surface area contributed by atoms with Crippen molar-refractivity contribution in [2.75, 3.05) is 20.3 Å². The minimum Gasteiger partial charge on any atom is -0.457 e. The normalized spacial score (nSPS) is 28.0. The largest absolute Gasteiger partial charge is 0.457 e. The molecule has 0 spiro atoms. The zero-order chi connectivity index (χ0) is 16.0. The molecule has 6 heteroatoms. The standard InChI is InChI=1S/C17H21N3O3/c1-19-11-7-13(8-12(19)10-22-9-11)23-17(21)16-14-5-3-4-6-15(14)20(2)18-16/h3-6,11-13H,7-10H2,1-2H3/t11-,12+,13-. The molecule has 0 aliphatic carbocycles. The zero-order valence-corrected chi connectivity index (χ0v) is 13.4. The number of morpholine rings is 1. The van der Waals surface area contributed by atoms with Crippen molar-refractivity contribution in [3.05, 3.63) is 30.0 Å². The molecule has 2 aliphatic heterocycles. The average molecular weight is 315 g/mol. The molecule has 0 N–H and O–H groups in total. The summed E-state index contributed by atoms with van der Waals surface area (Å²) in [6, 6.07) is 8.39. The summed E-state index contributed by atoms with van der Waals surface area (Å²) in [6.45, 7) is 1.43. The van der Waals surface area contributed by atoms with Gasteiger partial charge in [0, 0.05) is 37.4 Å². The number of piperidine rings is 1. The lowest BCUT2D eigenvalue weighted by Crippen LogP contribution is -2.56. The number of carbonyl (C=O) groups is 1. The molecular weight excluding hydrogens is 294 g/mol. The smallest absolute Gasteiger partial charge is 0.359 e. The third kappa shape index (κ3) is 2.52. The van der Waals surface area contributed by atoms with Crippen LogP contribution in [0.25, 0.3) is 10.9 Å². The van der Waals surface area contributed by atoms with Gasteiger partial charge in [-0.3, -0.25) is 9.58 Å². The van der Waals surface area contributed by atoms with E-state index >= 15 is 0 Å². The number of hydrogen-bond donors (Lipinski definition) is 0.